The van der Waals surface area contributed by atoms with E-state index < -0.39 is 15.6 Å². The van der Waals surface area contributed by atoms with Crippen molar-refractivity contribution in [1.29, 1.82) is 0 Å². The number of hydrogen-bond acceptors (Lipinski definition) is 4. The maximum Gasteiger partial charge on any atom is 0.481 e. The molecule has 9 heteroatoms. The maximum absolute atomic E-state index is 12.2. The Hall–Kier alpha value is -1.56. The summed E-state index contributed by atoms with van der Waals surface area (Å²) in [5, 5.41) is 0. The fourth-order valence-corrected chi connectivity index (χ4v) is 7.84. The standard InChI is InChI=1S/C40H68O7P2/c1-31(2)17-11-19-33(5)21-13-23-35(7)25-15-26-37(9)29-38-39(30-46-49(44,45)47-48(41,42)43)40(38,10)28-16-27-36(8)24-14-22-34(6)20-12-18-32(3)4/h17-18,21-22,25,27,29,38-39H,11-16,19-20,23-24,26,28,30H2,1-10H3,(H,44,45)(H2,41,42,43)/b33-21+,34-22+,35-25+,36-27+,37-29+/t38-,39-,40-/m0/s1. The van der Waals surface area contributed by atoms with Gasteiger partial charge in [-0.25, -0.2) is 9.13 Å². The Morgan fingerprint density at radius 3 is 1.35 bits per heavy atom. The molecule has 1 saturated carbocycles. The highest BCUT2D eigenvalue weighted by Gasteiger charge is 2.59. The minimum absolute atomic E-state index is 0.0626. The molecular formula is C40H68O7P2. The first kappa shape index (κ1) is 45.5. The Kier molecular flexibility index (Phi) is 20.8. The van der Waals surface area contributed by atoms with Gasteiger partial charge < -0.3 is 14.7 Å². The smallest absolute Gasteiger partial charge is 0.302 e. The highest BCUT2D eigenvalue weighted by molar-refractivity contribution is 7.60. The van der Waals surface area contributed by atoms with Gasteiger partial charge in [-0.2, -0.15) is 4.31 Å². The number of phosphoric acid groups is 2. The van der Waals surface area contributed by atoms with Gasteiger partial charge in [-0.15, -0.1) is 0 Å². The average Bonchev–Trinajstić information content (AvgIpc) is 3.50. The molecule has 0 aromatic rings. The summed E-state index contributed by atoms with van der Waals surface area (Å²) in [6, 6.07) is 0. The zero-order valence-corrected chi connectivity index (χ0v) is 34.0. The number of hydrogen-bond donors (Lipinski definition) is 3. The van der Waals surface area contributed by atoms with Crippen molar-refractivity contribution in [2.24, 2.45) is 17.3 Å². The topological polar surface area (TPSA) is 113 Å². The summed E-state index contributed by atoms with van der Waals surface area (Å²) in [6.45, 7) is 21.5. The van der Waals surface area contributed by atoms with Gasteiger partial charge in [-0.05, 0) is 157 Å². The summed E-state index contributed by atoms with van der Waals surface area (Å²) >= 11 is 0. The van der Waals surface area contributed by atoms with E-state index in [2.05, 4.69) is 116 Å². The molecule has 0 aromatic carbocycles. The van der Waals surface area contributed by atoms with Crippen molar-refractivity contribution < 1.29 is 32.6 Å². The van der Waals surface area contributed by atoms with Crippen LogP contribution in [0.25, 0.3) is 0 Å². The lowest BCUT2D eigenvalue weighted by Crippen LogP contribution is -2.04. The number of allylic oxidation sites excluding steroid dienone is 14. The van der Waals surface area contributed by atoms with E-state index in [0.717, 1.165) is 77.0 Å². The van der Waals surface area contributed by atoms with Gasteiger partial charge in [0.25, 0.3) is 0 Å². The lowest BCUT2D eigenvalue weighted by atomic mass is 9.95. The van der Waals surface area contributed by atoms with Crippen LogP contribution in [0, 0.1) is 17.3 Å². The molecule has 0 spiro atoms. The predicted octanol–water partition coefficient (Wildman–Crippen LogP) is 12.8. The Morgan fingerprint density at radius 1 is 0.592 bits per heavy atom. The molecule has 0 bridgehead atoms. The molecule has 0 heterocycles. The van der Waals surface area contributed by atoms with E-state index in [1.807, 2.05) is 0 Å². The van der Waals surface area contributed by atoms with E-state index >= 15 is 0 Å². The second-order valence-corrected chi connectivity index (χ2v) is 17.8. The van der Waals surface area contributed by atoms with E-state index in [-0.39, 0.29) is 23.9 Å². The molecule has 1 fully saturated rings. The fraction of sp³-hybridized carbons (Fsp3) is 0.650. The summed E-state index contributed by atoms with van der Waals surface area (Å²) < 4.78 is 32.5. The van der Waals surface area contributed by atoms with Gasteiger partial charge >= 0.3 is 15.6 Å². The largest absolute Gasteiger partial charge is 0.481 e. The molecule has 280 valence electrons. The van der Waals surface area contributed by atoms with E-state index in [0.29, 0.717) is 0 Å². The van der Waals surface area contributed by atoms with Crippen LogP contribution < -0.4 is 0 Å². The molecule has 1 unspecified atom stereocenters. The van der Waals surface area contributed by atoms with Gasteiger partial charge in [-0.3, -0.25) is 4.52 Å². The molecule has 1 aliphatic carbocycles. The second-order valence-electron chi connectivity index (χ2n) is 15.0. The van der Waals surface area contributed by atoms with Gasteiger partial charge in [0, 0.05) is 0 Å². The molecule has 0 aliphatic heterocycles. The van der Waals surface area contributed by atoms with Crippen molar-refractivity contribution in [2.75, 3.05) is 6.61 Å². The SMILES string of the molecule is CC(C)=CCC/C(C)=C/CC/C(C)=C/CC/C(C)=C/[C@H]1[C@H](COP(=O)(O)OP(=O)(O)O)[C@@]1(C)CC/C=C(\C)CC/C=C(\C)CCC=C(C)C. The highest BCUT2D eigenvalue weighted by atomic mass is 31.3. The Labute approximate surface area is 299 Å². The second kappa shape index (κ2) is 22.4. The minimum Gasteiger partial charge on any atom is -0.302 e. The van der Waals surface area contributed by atoms with E-state index in [4.69, 9.17) is 14.3 Å². The van der Waals surface area contributed by atoms with Crippen LogP contribution in [0.1, 0.15) is 146 Å². The van der Waals surface area contributed by atoms with Crippen LogP contribution in [0.5, 0.6) is 0 Å². The average molecular weight is 723 g/mol. The first-order valence-corrected chi connectivity index (χ1v) is 21.1. The summed E-state index contributed by atoms with van der Waals surface area (Å²) in [6.07, 6.45) is 28.3. The van der Waals surface area contributed by atoms with Crippen LogP contribution in [0.3, 0.4) is 0 Å². The van der Waals surface area contributed by atoms with Gasteiger partial charge in [0.2, 0.25) is 0 Å². The van der Waals surface area contributed by atoms with Crippen molar-refractivity contribution in [1.82, 2.24) is 0 Å². The van der Waals surface area contributed by atoms with Crippen molar-refractivity contribution in [3.05, 3.63) is 81.5 Å². The van der Waals surface area contributed by atoms with Crippen molar-refractivity contribution in [3.63, 3.8) is 0 Å². The summed E-state index contributed by atoms with van der Waals surface area (Å²) in [4.78, 5) is 27.9. The lowest BCUT2D eigenvalue weighted by molar-refractivity contribution is 0.166. The van der Waals surface area contributed by atoms with Crippen molar-refractivity contribution in [3.8, 4) is 0 Å². The first-order valence-electron chi connectivity index (χ1n) is 18.0. The molecule has 1 aliphatic rings. The highest BCUT2D eigenvalue weighted by Crippen LogP contribution is 2.65. The molecule has 4 atom stereocenters. The summed E-state index contributed by atoms with van der Waals surface area (Å²) in [5.41, 5.74) is 9.43. The van der Waals surface area contributed by atoms with Gasteiger partial charge in [0.15, 0.2) is 0 Å². The van der Waals surface area contributed by atoms with Gasteiger partial charge in [0.1, 0.15) is 0 Å². The van der Waals surface area contributed by atoms with Crippen molar-refractivity contribution in [2.45, 2.75) is 146 Å². The Balaban J connectivity index is 2.80. The van der Waals surface area contributed by atoms with Crippen LogP contribution in [-0.2, 0) is 18.0 Å². The first-order chi connectivity index (χ1) is 22.7. The Morgan fingerprint density at radius 2 is 0.959 bits per heavy atom. The molecule has 0 radical (unpaired) electrons. The normalized spacial score (nSPS) is 22.2. The zero-order valence-electron chi connectivity index (χ0n) is 32.3. The molecule has 1 rings (SSSR count). The van der Waals surface area contributed by atoms with E-state index in [9.17, 15) is 14.0 Å². The minimum atomic E-state index is -5.17. The van der Waals surface area contributed by atoms with Crippen LogP contribution in [0.2, 0.25) is 0 Å². The zero-order chi connectivity index (χ0) is 37.3. The third kappa shape index (κ3) is 21.4. The summed E-state index contributed by atoms with van der Waals surface area (Å²) in [5.74, 6) is 0.0691. The predicted molar refractivity (Wildman–Crippen MR) is 207 cm³/mol. The number of rotatable bonds is 24. The van der Waals surface area contributed by atoms with E-state index in [1.165, 1.54) is 39.0 Å². The fourth-order valence-electron chi connectivity index (χ4n) is 6.23. The quantitative estimate of drug-likeness (QED) is 0.0671. The molecule has 0 amide bonds. The van der Waals surface area contributed by atoms with Crippen LogP contribution in [0.4, 0.5) is 0 Å². The molecule has 3 N–H and O–H groups in total. The van der Waals surface area contributed by atoms with Gasteiger partial charge in [0.05, 0.1) is 6.61 Å². The molecule has 49 heavy (non-hydrogen) atoms. The molecule has 0 saturated heterocycles. The van der Waals surface area contributed by atoms with Crippen LogP contribution in [-0.4, -0.2) is 21.3 Å². The maximum atomic E-state index is 12.2. The van der Waals surface area contributed by atoms with E-state index in [1.54, 1.807) is 0 Å². The van der Waals surface area contributed by atoms with Crippen LogP contribution in [0.15, 0.2) is 81.5 Å². The summed E-state index contributed by atoms with van der Waals surface area (Å²) in [7, 11) is -10.1. The van der Waals surface area contributed by atoms with Crippen molar-refractivity contribution >= 4 is 15.6 Å². The Bertz CT molecular complexity index is 1350. The monoisotopic (exact) mass is 722 g/mol. The molecular weight excluding hydrogens is 654 g/mol. The van der Waals surface area contributed by atoms with Crippen LogP contribution >= 0.6 is 15.6 Å². The molecule has 7 nitrogen and oxygen atoms in total. The lowest BCUT2D eigenvalue weighted by Gasteiger charge is -2.14. The third-order valence-electron chi connectivity index (χ3n) is 9.48. The third-order valence-corrected chi connectivity index (χ3v) is 11.6. The van der Waals surface area contributed by atoms with Gasteiger partial charge in [-0.1, -0.05) is 88.5 Å². The number of phosphoric ester groups is 1. The molecule has 0 aromatic heterocycles.